The van der Waals surface area contributed by atoms with Gasteiger partial charge in [0.05, 0.1) is 0 Å². The van der Waals surface area contributed by atoms with Crippen LogP contribution in [0.1, 0.15) is 5.56 Å². The average molecular weight is 465 g/mol. The van der Waals surface area contributed by atoms with Crippen molar-refractivity contribution < 1.29 is 53.8 Å². The van der Waals surface area contributed by atoms with Crippen LogP contribution in [0.5, 0.6) is 0 Å². The van der Waals surface area contributed by atoms with Gasteiger partial charge < -0.3 is 4.98 Å². The Hall–Kier alpha value is -0.298. The normalized spacial score (nSPS) is 9.65. The minimum absolute atomic E-state index is 0. The van der Waals surface area contributed by atoms with Crippen molar-refractivity contribution in [3.05, 3.63) is 55.2 Å². The summed E-state index contributed by atoms with van der Waals surface area (Å²) in [7, 11) is 0. The summed E-state index contributed by atoms with van der Waals surface area (Å²) in [5, 5.41) is 2.04. The first kappa shape index (κ1) is 14.8. The standard InChI is InChI=1S/C13H8N2.W.Y/c1-9-6-8-15-13-11(9)5-4-10-3-2-7-14-12(10)13;;/h2,4-8H,1H2;;/q-2;;. The van der Waals surface area contributed by atoms with Crippen LogP contribution in [0, 0.1) is 13.0 Å². The fraction of sp³-hybridized carbons (Fsp3) is 0. The van der Waals surface area contributed by atoms with Crippen molar-refractivity contribution in [2.24, 2.45) is 0 Å². The van der Waals surface area contributed by atoms with E-state index in [1.807, 2.05) is 24.3 Å². The molecule has 81 valence electrons. The van der Waals surface area contributed by atoms with E-state index in [-0.39, 0.29) is 53.8 Å². The summed E-state index contributed by atoms with van der Waals surface area (Å²) >= 11 is 0. The Morgan fingerprint density at radius 1 is 1.00 bits per heavy atom. The molecule has 0 saturated carbocycles. The van der Waals surface area contributed by atoms with Crippen LogP contribution < -0.4 is 0 Å². The van der Waals surface area contributed by atoms with E-state index >= 15 is 0 Å². The maximum absolute atomic E-state index is 4.35. The summed E-state index contributed by atoms with van der Waals surface area (Å²) in [5.41, 5.74) is 2.77. The quantitative estimate of drug-likeness (QED) is 0.378. The van der Waals surface area contributed by atoms with Crippen molar-refractivity contribution in [1.29, 1.82) is 0 Å². The number of pyridine rings is 2. The van der Waals surface area contributed by atoms with Gasteiger partial charge in [0.25, 0.3) is 0 Å². The summed E-state index contributed by atoms with van der Waals surface area (Å²) in [4.78, 5) is 8.68. The van der Waals surface area contributed by atoms with Gasteiger partial charge in [-0.1, -0.05) is 6.20 Å². The van der Waals surface area contributed by atoms with Gasteiger partial charge in [-0.2, -0.15) is 18.6 Å². The third-order valence-corrected chi connectivity index (χ3v) is 2.49. The zero-order valence-electron chi connectivity index (χ0n) is 9.05. The molecule has 2 aromatic heterocycles. The number of hydrogen-bond acceptors (Lipinski definition) is 2. The van der Waals surface area contributed by atoms with E-state index in [0.29, 0.717) is 0 Å². The molecular weight excluding hydrogens is 457 g/mol. The van der Waals surface area contributed by atoms with Gasteiger partial charge in [0.1, 0.15) is 0 Å². The molecule has 1 aromatic carbocycles. The van der Waals surface area contributed by atoms with E-state index in [0.717, 1.165) is 27.4 Å². The SMILES string of the molecule is [CH2-]c1ccnc2c1ccc1[c-]ccnc12.[W].[Y]. The number of benzene rings is 1. The molecule has 0 unspecified atom stereocenters. The van der Waals surface area contributed by atoms with Gasteiger partial charge in [0, 0.05) is 53.8 Å². The molecule has 0 bridgehead atoms. The van der Waals surface area contributed by atoms with E-state index < -0.39 is 0 Å². The summed E-state index contributed by atoms with van der Waals surface area (Å²) in [6, 6.07) is 10.9. The van der Waals surface area contributed by atoms with E-state index in [1.54, 1.807) is 12.4 Å². The number of aromatic nitrogens is 2. The number of nitrogens with zero attached hydrogens (tertiary/aromatic N) is 2. The van der Waals surface area contributed by atoms with Crippen molar-refractivity contribution in [2.75, 3.05) is 0 Å². The Morgan fingerprint density at radius 3 is 2.59 bits per heavy atom. The van der Waals surface area contributed by atoms with Gasteiger partial charge in [-0.05, 0) is 17.2 Å². The Labute approximate surface area is 139 Å². The van der Waals surface area contributed by atoms with Crippen LogP contribution in [-0.2, 0) is 53.8 Å². The summed E-state index contributed by atoms with van der Waals surface area (Å²) in [6.07, 6.45) is 3.50. The van der Waals surface area contributed by atoms with Gasteiger partial charge >= 0.3 is 0 Å². The second kappa shape index (κ2) is 6.04. The van der Waals surface area contributed by atoms with Gasteiger partial charge in [-0.25, -0.2) is 0 Å². The van der Waals surface area contributed by atoms with E-state index in [2.05, 4.69) is 23.0 Å². The summed E-state index contributed by atoms with van der Waals surface area (Å²) < 4.78 is 0. The molecule has 0 aliphatic carbocycles. The van der Waals surface area contributed by atoms with Crippen LogP contribution in [-0.4, -0.2) is 9.97 Å². The number of rotatable bonds is 0. The molecule has 0 aliphatic heterocycles. The van der Waals surface area contributed by atoms with E-state index in [9.17, 15) is 0 Å². The molecule has 0 amide bonds. The van der Waals surface area contributed by atoms with Crippen LogP contribution in [0.25, 0.3) is 21.8 Å². The Bertz CT molecular complexity index is 655. The van der Waals surface area contributed by atoms with Gasteiger partial charge in [0.2, 0.25) is 0 Å². The molecule has 1 radical (unpaired) electrons. The minimum atomic E-state index is 0. The smallest absolute Gasteiger partial charge is 0 e. The average Bonchev–Trinajstić information content (AvgIpc) is 2.29. The van der Waals surface area contributed by atoms with Crippen LogP contribution >= 0.6 is 0 Å². The second-order valence-corrected chi connectivity index (χ2v) is 3.42. The van der Waals surface area contributed by atoms with Crippen molar-refractivity contribution in [2.45, 2.75) is 0 Å². The first-order valence-corrected chi connectivity index (χ1v) is 4.72. The third-order valence-electron chi connectivity index (χ3n) is 2.49. The first-order chi connectivity index (χ1) is 7.36. The molecular formula is C13H8N2WY-2. The number of fused-ring (bicyclic) bond motifs is 3. The fourth-order valence-electron chi connectivity index (χ4n) is 1.75. The molecule has 0 spiro atoms. The predicted octanol–water partition coefficient (Wildman–Crippen LogP) is 2.76. The largest absolute Gasteiger partial charge is 0.351 e. The van der Waals surface area contributed by atoms with Crippen LogP contribution in [0.3, 0.4) is 0 Å². The Kier molecular flexibility index (Phi) is 5.25. The molecule has 17 heavy (non-hydrogen) atoms. The molecule has 2 heterocycles. The van der Waals surface area contributed by atoms with Crippen molar-refractivity contribution in [1.82, 2.24) is 9.97 Å². The summed E-state index contributed by atoms with van der Waals surface area (Å²) in [5.74, 6) is 0. The zero-order chi connectivity index (χ0) is 10.3. The molecule has 0 aliphatic rings. The minimum Gasteiger partial charge on any atom is -0.351 e. The maximum atomic E-state index is 4.35. The molecule has 3 rings (SSSR count). The Morgan fingerprint density at radius 2 is 1.76 bits per heavy atom. The summed E-state index contributed by atoms with van der Waals surface area (Å²) in [6.45, 7) is 3.98. The van der Waals surface area contributed by atoms with E-state index in [1.165, 1.54) is 0 Å². The molecule has 0 fully saturated rings. The van der Waals surface area contributed by atoms with Crippen molar-refractivity contribution in [3.8, 4) is 0 Å². The Balaban J connectivity index is 0.000000722. The van der Waals surface area contributed by atoms with Crippen molar-refractivity contribution >= 4 is 21.8 Å². The third kappa shape index (κ3) is 2.60. The molecule has 0 atom stereocenters. The van der Waals surface area contributed by atoms with Gasteiger partial charge in [0.15, 0.2) is 0 Å². The molecule has 0 N–H and O–H groups in total. The van der Waals surface area contributed by atoms with E-state index in [4.69, 9.17) is 0 Å². The van der Waals surface area contributed by atoms with Crippen LogP contribution in [0.2, 0.25) is 0 Å². The van der Waals surface area contributed by atoms with Gasteiger partial charge in [-0.15, -0.1) is 35.0 Å². The molecule has 2 nitrogen and oxygen atoms in total. The van der Waals surface area contributed by atoms with Crippen LogP contribution in [0.4, 0.5) is 0 Å². The zero-order valence-corrected chi connectivity index (χ0v) is 14.8. The topological polar surface area (TPSA) is 25.8 Å². The maximum Gasteiger partial charge on any atom is 0 e. The molecule has 0 saturated heterocycles. The monoisotopic (exact) mass is 465 g/mol. The fourth-order valence-corrected chi connectivity index (χ4v) is 1.75. The first-order valence-electron chi connectivity index (χ1n) is 4.72. The van der Waals surface area contributed by atoms with Gasteiger partial charge in [-0.3, -0.25) is 4.98 Å². The van der Waals surface area contributed by atoms with Crippen LogP contribution in [0.15, 0.2) is 36.7 Å². The second-order valence-electron chi connectivity index (χ2n) is 3.42. The predicted molar refractivity (Wildman–Crippen MR) is 60.3 cm³/mol. The van der Waals surface area contributed by atoms with Crippen molar-refractivity contribution in [3.63, 3.8) is 0 Å². The molecule has 4 heteroatoms. The number of hydrogen-bond donors (Lipinski definition) is 0. The molecule has 3 aromatic rings.